The molecule has 0 amide bonds. The molecule has 2 saturated carbocycles. The lowest BCUT2D eigenvalue weighted by Crippen LogP contribution is -2.35. The van der Waals surface area contributed by atoms with Gasteiger partial charge in [0.15, 0.2) is 11.6 Å². The highest BCUT2D eigenvalue weighted by Crippen LogP contribution is 2.45. The maximum Gasteiger partial charge on any atom is 0.200 e. The third kappa shape index (κ3) is 5.99. The van der Waals surface area contributed by atoms with E-state index in [1.807, 2.05) is 0 Å². The predicted octanol–water partition coefficient (Wildman–Crippen LogP) is 8.21. The van der Waals surface area contributed by atoms with Crippen LogP contribution in [0.15, 0.2) is 24.8 Å². The molecule has 0 aromatic heterocycles. The number of hydrogen-bond donors (Lipinski definition) is 0. The van der Waals surface area contributed by atoms with Gasteiger partial charge < -0.3 is 9.47 Å². The summed E-state index contributed by atoms with van der Waals surface area (Å²) in [5.41, 5.74) is 0.432. The molecule has 1 aliphatic heterocycles. The fourth-order valence-electron chi connectivity index (χ4n) is 6.81. The number of halogens is 2. The second-order valence-corrected chi connectivity index (χ2v) is 10.7. The Labute approximate surface area is 199 Å². The maximum absolute atomic E-state index is 14.6. The highest BCUT2D eigenvalue weighted by atomic mass is 19.2. The van der Waals surface area contributed by atoms with Gasteiger partial charge in [-0.05, 0) is 106 Å². The highest BCUT2D eigenvalue weighted by molar-refractivity contribution is 5.33. The number of hydrogen-bond acceptors (Lipinski definition) is 2. The topological polar surface area (TPSA) is 18.5 Å². The van der Waals surface area contributed by atoms with Gasteiger partial charge in [-0.25, -0.2) is 4.39 Å². The number of allylic oxidation sites excluding steroid dienone is 1. The summed E-state index contributed by atoms with van der Waals surface area (Å²) in [6.45, 7) is 6.45. The Kier molecular flexibility index (Phi) is 8.85. The molecule has 1 saturated heterocycles. The average Bonchev–Trinajstić information content (AvgIpc) is 2.86. The molecule has 1 heterocycles. The molecule has 0 bridgehead atoms. The molecule has 2 aliphatic carbocycles. The van der Waals surface area contributed by atoms with E-state index in [9.17, 15) is 8.78 Å². The van der Waals surface area contributed by atoms with E-state index in [4.69, 9.17) is 9.47 Å². The van der Waals surface area contributed by atoms with Gasteiger partial charge in [-0.15, -0.1) is 6.58 Å². The molecular formula is C29H42F2O2. The second kappa shape index (κ2) is 11.8. The van der Waals surface area contributed by atoms with Crippen LogP contribution in [0.5, 0.6) is 5.75 Å². The first kappa shape index (κ1) is 24.7. The monoisotopic (exact) mass is 460 g/mol. The van der Waals surface area contributed by atoms with Crippen molar-refractivity contribution in [2.45, 2.75) is 96.0 Å². The van der Waals surface area contributed by atoms with Gasteiger partial charge >= 0.3 is 0 Å². The number of benzene rings is 1. The Bertz CT molecular complexity index is 755. The van der Waals surface area contributed by atoms with E-state index in [0.29, 0.717) is 24.7 Å². The molecular weight excluding hydrogens is 418 g/mol. The number of rotatable bonds is 8. The van der Waals surface area contributed by atoms with Crippen LogP contribution in [0, 0.1) is 35.3 Å². The third-order valence-electron chi connectivity index (χ3n) is 8.81. The van der Waals surface area contributed by atoms with Crippen molar-refractivity contribution in [2.75, 3.05) is 13.2 Å². The zero-order valence-electron chi connectivity index (χ0n) is 20.4. The lowest BCUT2D eigenvalue weighted by molar-refractivity contribution is -0.0469. The summed E-state index contributed by atoms with van der Waals surface area (Å²) >= 11 is 0. The van der Waals surface area contributed by atoms with Crippen molar-refractivity contribution >= 4 is 0 Å². The molecule has 2 nitrogen and oxygen atoms in total. The number of ether oxygens (including phenoxy) is 2. The molecule has 0 spiro atoms. The summed E-state index contributed by atoms with van der Waals surface area (Å²) in [6.07, 6.45) is 17.5. The standard InChI is InChI=1S/C29H42F2O2/c1-3-5-6-20-7-9-21(10-8-20)22-11-13-23(14-12-22)26-17-15-24(19-33-26)25-16-18-27(32-4-2)29(31)28(25)30/h3,16,18,20-24,26H,1,4-15,17,19H2,2H3. The van der Waals surface area contributed by atoms with Gasteiger partial charge in [0, 0.05) is 5.92 Å². The van der Waals surface area contributed by atoms with E-state index < -0.39 is 11.6 Å². The predicted molar refractivity (Wildman–Crippen MR) is 130 cm³/mol. The molecule has 184 valence electrons. The summed E-state index contributed by atoms with van der Waals surface area (Å²) in [7, 11) is 0. The smallest absolute Gasteiger partial charge is 0.200 e. The quantitative estimate of drug-likeness (QED) is 0.364. The van der Waals surface area contributed by atoms with Gasteiger partial charge in [-0.3, -0.25) is 0 Å². The first-order chi connectivity index (χ1) is 16.1. The summed E-state index contributed by atoms with van der Waals surface area (Å²) < 4.78 is 40.3. The summed E-state index contributed by atoms with van der Waals surface area (Å²) in [6, 6.07) is 3.23. The van der Waals surface area contributed by atoms with E-state index in [0.717, 1.165) is 30.6 Å². The molecule has 0 N–H and O–H groups in total. The minimum atomic E-state index is -0.871. The highest BCUT2D eigenvalue weighted by Gasteiger charge is 2.36. The second-order valence-electron chi connectivity index (χ2n) is 10.7. The zero-order chi connectivity index (χ0) is 23.2. The normalized spacial score (nSPS) is 32.9. The summed E-state index contributed by atoms with van der Waals surface area (Å²) in [5, 5.41) is 0. The summed E-state index contributed by atoms with van der Waals surface area (Å²) in [4.78, 5) is 0. The van der Waals surface area contributed by atoms with Crippen LogP contribution in [0.1, 0.15) is 95.5 Å². The molecule has 0 radical (unpaired) electrons. The van der Waals surface area contributed by atoms with Crippen LogP contribution in [-0.2, 0) is 4.74 Å². The van der Waals surface area contributed by atoms with Gasteiger partial charge in [0.1, 0.15) is 0 Å². The van der Waals surface area contributed by atoms with Crippen LogP contribution >= 0.6 is 0 Å². The van der Waals surface area contributed by atoms with Crippen molar-refractivity contribution < 1.29 is 18.3 Å². The fourth-order valence-corrected chi connectivity index (χ4v) is 6.81. The Hall–Kier alpha value is -1.42. The van der Waals surface area contributed by atoms with Crippen LogP contribution in [-0.4, -0.2) is 19.3 Å². The van der Waals surface area contributed by atoms with E-state index in [1.165, 1.54) is 64.2 Å². The maximum atomic E-state index is 14.6. The van der Waals surface area contributed by atoms with E-state index in [2.05, 4.69) is 12.7 Å². The van der Waals surface area contributed by atoms with E-state index in [1.54, 1.807) is 19.1 Å². The van der Waals surface area contributed by atoms with Gasteiger partial charge in [0.05, 0.1) is 19.3 Å². The van der Waals surface area contributed by atoms with Crippen molar-refractivity contribution in [2.24, 2.45) is 23.7 Å². The molecule has 4 heteroatoms. The Morgan fingerprint density at radius 3 is 2.18 bits per heavy atom. The van der Waals surface area contributed by atoms with Gasteiger partial charge in [0.25, 0.3) is 0 Å². The Morgan fingerprint density at radius 1 is 0.909 bits per heavy atom. The van der Waals surface area contributed by atoms with Gasteiger partial charge in [-0.1, -0.05) is 25.0 Å². The Balaban J connectivity index is 1.22. The van der Waals surface area contributed by atoms with E-state index >= 15 is 0 Å². The van der Waals surface area contributed by atoms with Crippen molar-refractivity contribution in [3.8, 4) is 5.75 Å². The van der Waals surface area contributed by atoms with Crippen LogP contribution in [0.25, 0.3) is 0 Å². The molecule has 2 atom stereocenters. The van der Waals surface area contributed by atoms with Crippen molar-refractivity contribution in [1.82, 2.24) is 0 Å². The largest absolute Gasteiger partial charge is 0.491 e. The fraction of sp³-hybridized carbons (Fsp3) is 0.724. The molecule has 1 aromatic carbocycles. The minimum absolute atomic E-state index is 0.00429. The van der Waals surface area contributed by atoms with E-state index in [-0.39, 0.29) is 17.8 Å². The summed E-state index contributed by atoms with van der Waals surface area (Å²) in [5.74, 6) is 1.67. The Morgan fingerprint density at radius 2 is 1.58 bits per heavy atom. The molecule has 4 rings (SSSR count). The minimum Gasteiger partial charge on any atom is -0.491 e. The first-order valence-electron chi connectivity index (χ1n) is 13.4. The van der Waals surface area contributed by atoms with Crippen molar-refractivity contribution in [3.63, 3.8) is 0 Å². The van der Waals surface area contributed by atoms with Crippen molar-refractivity contribution in [3.05, 3.63) is 42.0 Å². The lowest BCUT2D eigenvalue weighted by atomic mass is 9.67. The van der Waals surface area contributed by atoms with Crippen LogP contribution in [0.3, 0.4) is 0 Å². The van der Waals surface area contributed by atoms with Crippen LogP contribution < -0.4 is 4.74 Å². The zero-order valence-corrected chi connectivity index (χ0v) is 20.4. The SMILES string of the molecule is C=CCCC1CCC(C2CCC(C3CCC(c4ccc(OCC)c(F)c4F)CO3)CC2)CC1. The average molecular weight is 461 g/mol. The first-order valence-corrected chi connectivity index (χ1v) is 13.4. The van der Waals surface area contributed by atoms with Gasteiger partial charge in [0.2, 0.25) is 5.82 Å². The molecule has 1 aromatic rings. The molecule has 2 unspecified atom stereocenters. The molecule has 3 fully saturated rings. The molecule has 3 aliphatic rings. The molecule has 33 heavy (non-hydrogen) atoms. The van der Waals surface area contributed by atoms with Crippen LogP contribution in [0.2, 0.25) is 0 Å². The lowest BCUT2D eigenvalue weighted by Gasteiger charge is -2.41. The van der Waals surface area contributed by atoms with Gasteiger partial charge in [-0.2, -0.15) is 4.39 Å². The van der Waals surface area contributed by atoms with Crippen molar-refractivity contribution in [1.29, 1.82) is 0 Å². The van der Waals surface area contributed by atoms with Crippen LogP contribution in [0.4, 0.5) is 8.78 Å². The third-order valence-corrected chi connectivity index (χ3v) is 8.81.